The first kappa shape index (κ1) is 25.3. The molecule has 0 bridgehead atoms. The number of nitrogens with one attached hydrogen (secondary N) is 1. The maximum Gasteiger partial charge on any atom is 0.343 e. The maximum atomic E-state index is 12.5. The van der Waals surface area contributed by atoms with E-state index in [0.29, 0.717) is 35.0 Å². The molecule has 182 valence electrons. The van der Waals surface area contributed by atoms with Gasteiger partial charge in [-0.1, -0.05) is 6.07 Å². The predicted molar refractivity (Wildman–Crippen MR) is 133 cm³/mol. The number of ether oxygens (including phenoxy) is 4. The van der Waals surface area contributed by atoms with Gasteiger partial charge in [0.05, 0.1) is 25.5 Å². The average molecular weight is 477 g/mol. The fraction of sp³-hybridized carbons (Fsp3) is 0.222. The molecule has 3 aromatic carbocycles. The molecule has 3 aromatic rings. The quantitative estimate of drug-likeness (QED) is 0.201. The first-order valence-corrected chi connectivity index (χ1v) is 11.0. The number of nitrogens with zero attached hydrogens (tertiary/aromatic N) is 1. The van der Waals surface area contributed by atoms with Gasteiger partial charge in [0.25, 0.3) is 5.91 Å². The van der Waals surface area contributed by atoms with Crippen LogP contribution in [0.4, 0.5) is 0 Å². The van der Waals surface area contributed by atoms with Gasteiger partial charge in [0.15, 0.2) is 18.1 Å². The molecule has 0 heterocycles. The Morgan fingerprint density at radius 1 is 0.886 bits per heavy atom. The van der Waals surface area contributed by atoms with Gasteiger partial charge in [0.1, 0.15) is 11.5 Å². The number of carbonyl (C=O) groups is 2. The molecule has 0 fully saturated rings. The lowest BCUT2D eigenvalue weighted by Crippen LogP contribution is -2.24. The van der Waals surface area contributed by atoms with E-state index >= 15 is 0 Å². The highest BCUT2D eigenvalue weighted by atomic mass is 16.6. The van der Waals surface area contributed by atoms with Crippen molar-refractivity contribution in [2.24, 2.45) is 5.10 Å². The van der Waals surface area contributed by atoms with E-state index in [-0.39, 0.29) is 12.4 Å². The molecule has 0 radical (unpaired) electrons. The molecule has 35 heavy (non-hydrogen) atoms. The van der Waals surface area contributed by atoms with E-state index in [1.165, 1.54) is 13.3 Å². The van der Waals surface area contributed by atoms with Crippen LogP contribution in [0.25, 0.3) is 0 Å². The second-order valence-corrected chi connectivity index (χ2v) is 7.59. The summed E-state index contributed by atoms with van der Waals surface area (Å²) in [5.41, 5.74) is 5.67. The monoisotopic (exact) mass is 476 g/mol. The van der Waals surface area contributed by atoms with Crippen molar-refractivity contribution in [1.82, 2.24) is 5.43 Å². The third kappa shape index (κ3) is 7.33. The van der Waals surface area contributed by atoms with Crippen molar-refractivity contribution in [3.05, 3.63) is 82.9 Å². The van der Waals surface area contributed by atoms with Crippen LogP contribution < -0.4 is 24.4 Å². The van der Waals surface area contributed by atoms with Gasteiger partial charge in [-0.3, -0.25) is 4.79 Å². The molecule has 0 aliphatic heterocycles. The summed E-state index contributed by atoms with van der Waals surface area (Å²) in [5.74, 6) is 0.977. The molecule has 0 aliphatic rings. The van der Waals surface area contributed by atoms with Crippen LogP contribution in [0.1, 0.15) is 34.0 Å². The Morgan fingerprint density at radius 2 is 1.63 bits per heavy atom. The summed E-state index contributed by atoms with van der Waals surface area (Å²) < 4.78 is 21.7. The van der Waals surface area contributed by atoms with Gasteiger partial charge >= 0.3 is 5.97 Å². The van der Waals surface area contributed by atoms with Crippen LogP contribution >= 0.6 is 0 Å². The average Bonchev–Trinajstić information content (AvgIpc) is 2.86. The Kier molecular flexibility index (Phi) is 8.83. The third-order valence-electron chi connectivity index (χ3n) is 5.04. The van der Waals surface area contributed by atoms with Crippen molar-refractivity contribution in [2.75, 3.05) is 20.3 Å². The van der Waals surface area contributed by atoms with Gasteiger partial charge < -0.3 is 18.9 Å². The number of rotatable bonds is 10. The van der Waals surface area contributed by atoms with Crippen molar-refractivity contribution in [2.45, 2.75) is 20.8 Å². The normalized spacial score (nSPS) is 10.6. The first-order chi connectivity index (χ1) is 16.9. The number of methoxy groups -OCH3 is 1. The van der Waals surface area contributed by atoms with E-state index in [1.807, 2.05) is 39.0 Å². The van der Waals surface area contributed by atoms with Crippen molar-refractivity contribution < 1.29 is 28.5 Å². The molecule has 8 nitrogen and oxygen atoms in total. The molecule has 0 aliphatic carbocycles. The van der Waals surface area contributed by atoms with Gasteiger partial charge in [-0.25, -0.2) is 10.2 Å². The van der Waals surface area contributed by atoms with E-state index in [0.717, 1.165) is 11.1 Å². The van der Waals surface area contributed by atoms with Gasteiger partial charge in [0, 0.05) is 0 Å². The number of hydrogen-bond acceptors (Lipinski definition) is 7. The molecule has 0 atom stereocenters. The SMILES string of the molecule is CCOc1ccc(C(=O)Oc2ccc(/C=N\NC(=O)COc3ccc(C)c(C)c3)cc2OC)cc1. The lowest BCUT2D eigenvalue weighted by molar-refractivity contribution is -0.123. The van der Waals surface area contributed by atoms with E-state index in [2.05, 4.69) is 10.5 Å². The standard InChI is InChI=1S/C27H28N2O6/c1-5-33-22-11-8-21(9-12-22)27(31)35-24-13-7-20(15-25(24)32-4)16-28-29-26(30)17-34-23-10-6-18(2)19(3)14-23/h6-16H,5,17H2,1-4H3,(H,29,30)/b28-16-. The number of carbonyl (C=O) groups excluding carboxylic acids is 2. The van der Waals surface area contributed by atoms with E-state index in [4.69, 9.17) is 18.9 Å². The van der Waals surface area contributed by atoms with E-state index < -0.39 is 11.9 Å². The van der Waals surface area contributed by atoms with Crippen molar-refractivity contribution in [3.8, 4) is 23.0 Å². The maximum absolute atomic E-state index is 12.5. The van der Waals surface area contributed by atoms with Crippen molar-refractivity contribution in [3.63, 3.8) is 0 Å². The van der Waals surface area contributed by atoms with Crippen LogP contribution in [-0.2, 0) is 4.79 Å². The van der Waals surface area contributed by atoms with Crippen LogP contribution in [0.2, 0.25) is 0 Å². The van der Waals surface area contributed by atoms with Crippen LogP contribution in [-0.4, -0.2) is 38.4 Å². The topological polar surface area (TPSA) is 95.5 Å². The molecule has 1 N–H and O–H groups in total. The smallest absolute Gasteiger partial charge is 0.343 e. The Morgan fingerprint density at radius 3 is 2.31 bits per heavy atom. The number of aryl methyl sites for hydroxylation is 2. The minimum absolute atomic E-state index is 0.163. The third-order valence-corrected chi connectivity index (χ3v) is 5.04. The Labute approximate surface area is 204 Å². The molecule has 0 saturated heterocycles. The molecular weight excluding hydrogens is 448 g/mol. The molecule has 0 saturated carbocycles. The molecule has 0 aromatic heterocycles. The van der Waals surface area contributed by atoms with E-state index in [1.54, 1.807) is 42.5 Å². The van der Waals surface area contributed by atoms with Crippen LogP contribution in [0.3, 0.4) is 0 Å². The number of amides is 1. The summed E-state index contributed by atoms with van der Waals surface area (Å²) in [6.45, 7) is 6.25. The zero-order chi connectivity index (χ0) is 25.2. The number of hydrogen-bond donors (Lipinski definition) is 1. The Hall–Kier alpha value is -4.33. The summed E-state index contributed by atoms with van der Waals surface area (Å²) in [4.78, 5) is 24.5. The van der Waals surface area contributed by atoms with Gasteiger partial charge in [-0.2, -0.15) is 5.10 Å². The van der Waals surface area contributed by atoms with Gasteiger partial charge in [0.2, 0.25) is 0 Å². The summed E-state index contributed by atoms with van der Waals surface area (Å²) in [7, 11) is 1.47. The first-order valence-electron chi connectivity index (χ1n) is 11.0. The van der Waals surface area contributed by atoms with Crippen molar-refractivity contribution in [1.29, 1.82) is 0 Å². The fourth-order valence-corrected chi connectivity index (χ4v) is 3.03. The highest BCUT2D eigenvalue weighted by Crippen LogP contribution is 2.28. The Balaban J connectivity index is 1.55. The zero-order valence-electron chi connectivity index (χ0n) is 20.2. The molecule has 3 rings (SSSR count). The second kappa shape index (κ2) is 12.2. The fourth-order valence-electron chi connectivity index (χ4n) is 3.03. The minimum atomic E-state index is -0.524. The highest BCUT2D eigenvalue weighted by molar-refractivity contribution is 5.92. The molecule has 0 unspecified atom stereocenters. The van der Waals surface area contributed by atoms with Crippen LogP contribution in [0.5, 0.6) is 23.0 Å². The van der Waals surface area contributed by atoms with Crippen molar-refractivity contribution >= 4 is 18.1 Å². The predicted octanol–water partition coefficient (Wildman–Crippen LogP) is 4.46. The van der Waals surface area contributed by atoms with Gasteiger partial charge in [-0.05, 0) is 92.1 Å². The number of benzene rings is 3. The molecular formula is C27H28N2O6. The van der Waals surface area contributed by atoms with E-state index in [9.17, 15) is 9.59 Å². The number of esters is 1. The van der Waals surface area contributed by atoms with Gasteiger partial charge in [-0.15, -0.1) is 0 Å². The molecule has 1 amide bonds. The summed E-state index contributed by atoms with van der Waals surface area (Å²) in [6, 6.07) is 17.2. The molecule has 8 heteroatoms. The lowest BCUT2D eigenvalue weighted by Gasteiger charge is -2.10. The largest absolute Gasteiger partial charge is 0.494 e. The zero-order valence-corrected chi connectivity index (χ0v) is 20.2. The summed E-state index contributed by atoms with van der Waals surface area (Å²) in [5, 5.41) is 3.94. The summed E-state index contributed by atoms with van der Waals surface area (Å²) >= 11 is 0. The highest BCUT2D eigenvalue weighted by Gasteiger charge is 2.13. The summed E-state index contributed by atoms with van der Waals surface area (Å²) in [6.07, 6.45) is 1.45. The second-order valence-electron chi connectivity index (χ2n) is 7.59. The lowest BCUT2D eigenvalue weighted by atomic mass is 10.1. The molecule has 0 spiro atoms. The minimum Gasteiger partial charge on any atom is -0.494 e. The number of hydrazone groups is 1. The Bertz CT molecular complexity index is 1200. The van der Waals surface area contributed by atoms with Crippen LogP contribution in [0, 0.1) is 13.8 Å². The van der Waals surface area contributed by atoms with Crippen LogP contribution in [0.15, 0.2) is 65.8 Å².